The van der Waals surface area contributed by atoms with Gasteiger partial charge < -0.3 is 5.32 Å². The van der Waals surface area contributed by atoms with Crippen molar-refractivity contribution in [2.24, 2.45) is 0 Å². The Morgan fingerprint density at radius 2 is 1.84 bits per heavy atom. The molecule has 10 heteroatoms. The standard InChI is InChI=1S/C21H12FN3O4S2/c22-12-6-7-14-16(10-12)30-21(24-14)25-19(26)11-5-8-18-15(9-11)23-20(27)13-3-1-2-4-17(13)31(18,28)29/h1-10H,(H,23,27)(H,24,25,26). The van der Waals surface area contributed by atoms with Crippen LogP contribution in [0.5, 0.6) is 0 Å². The van der Waals surface area contributed by atoms with Crippen molar-refractivity contribution in [1.82, 2.24) is 4.98 Å². The molecule has 7 nitrogen and oxygen atoms in total. The van der Waals surface area contributed by atoms with E-state index in [1.807, 2.05) is 0 Å². The first-order valence-electron chi connectivity index (χ1n) is 9.00. The van der Waals surface area contributed by atoms with E-state index in [2.05, 4.69) is 15.6 Å². The lowest BCUT2D eigenvalue weighted by Crippen LogP contribution is -2.14. The number of hydrogen-bond donors (Lipinski definition) is 2. The highest BCUT2D eigenvalue weighted by atomic mass is 32.2. The predicted octanol–water partition coefficient (Wildman–Crippen LogP) is 4.09. The predicted molar refractivity (Wildman–Crippen MR) is 114 cm³/mol. The molecule has 0 spiro atoms. The van der Waals surface area contributed by atoms with Crippen LogP contribution in [0.4, 0.5) is 15.2 Å². The van der Waals surface area contributed by atoms with Gasteiger partial charge in [0, 0.05) is 5.56 Å². The lowest BCUT2D eigenvalue weighted by molar-refractivity contribution is 0.101. The highest BCUT2D eigenvalue weighted by molar-refractivity contribution is 7.91. The Kier molecular flexibility index (Phi) is 4.34. The summed E-state index contributed by atoms with van der Waals surface area (Å²) in [5.41, 5.74) is 0.719. The molecule has 4 aromatic rings. The van der Waals surface area contributed by atoms with E-state index in [4.69, 9.17) is 0 Å². The van der Waals surface area contributed by atoms with Crippen molar-refractivity contribution in [2.45, 2.75) is 9.79 Å². The number of fused-ring (bicyclic) bond motifs is 3. The quantitative estimate of drug-likeness (QED) is 0.476. The minimum Gasteiger partial charge on any atom is -0.321 e. The van der Waals surface area contributed by atoms with Crippen molar-refractivity contribution in [3.8, 4) is 0 Å². The van der Waals surface area contributed by atoms with Crippen LogP contribution in [0.3, 0.4) is 0 Å². The molecule has 0 saturated carbocycles. The fourth-order valence-electron chi connectivity index (χ4n) is 3.32. The van der Waals surface area contributed by atoms with E-state index < -0.39 is 27.5 Å². The average Bonchev–Trinajstić information content (AvgIpc) is 3.11. The first-order valence-corrected chi connectivity index (χ1v) is 11.3. The van der Waals surface area contributed by atoms with Crippen LogP contribution < -0.4 is 10.6 Å². The molecule has 0 aliphatic carbocycles. The number of nitrogens with zero attached hydrogens (tertiary/aromatic N) is 1. The molecular weight excluding hydrogens is 441 g/mol. The molecule has 1 aromatic heterocycles. The number of benzene rings is 3. The summed E-state index contributed by atoms with van der Waals surface area (Å²) in [6, 6.07) is 14.0. The smallest absolute Gasteiger partial charge is 0.257 e. The molecule has 0 unspecified atom stereocenters. The van der Waals surface area contributed by atoms with Gasteiger partial charge in [0.1, 0.15) is 5.82 Å². The van der Waals surface area contributed by atoms with Gasteiger partial charge in [-0.2, -0.15) is 0 Å². The highest BCUT2D eigenvalue weighted by Crippen LogP contribution is 2.34. The molecule has 0 fully saturated rings. The topological polar surface area (TPSA) is 105 Å². The van der Waals surface area contributed by atoms with E-state index in [0.29, 0.717) is 10.2 Å². The van der Waals surface area contributed by atoms with E-state index in [0.717, 1.165) is 11.3 Å². The number of halogens is 1. The summed E-state index contributed by atoms with van der Waals surface area (Å²) in [6.45, 7) is 0. The third-order valence-electron chi connectivity index (χ3n) is 4.77. The fourth-order valence-corrected chi connectivity index (χ4v) is 5.80. The van der Waals surface area contributed by atoms with Gasteiger partial charge >= 0.3 is 0 Å². The molecule has 0 radical (unpaired) electrons. The normalized spacial score (nSPS) is 14.3. The molecular formula is C21H12FN3O4S2. The number of nitrogens with one attached hydrogen (secondary N) is 2. The second-order valence-electron chi connectivity index (χ2n) is 6.75. The number of anilines is 2. The van der Waals surface area contributed by atoms with E-state index >= 15 is 0 Å². The molecule has 2 amide bonds. The number of thiazole rings is 1. The van der Waals surface area contributed by atoms with Crippen molar-refractivity contribution < 1.29 is 22.4 Å². The fraction of sp³-hybridized carbons (Fsp3) is 0. The van der Waals surface area contributed by atoms with Crippen LogP contribution in [0, 0.1) is 5.82 Å². The summed E-state index contributed by atoms with van der Waals surface area (Å²) in [6.07, 6.45) is 0. The molecule has 1 aliphatic rings. The molecule has 154 valence electrons. The SMILES string of the molecule is O=C(Nc1nc2ccc(F)cc2s1)c1ccc2c(c1)NC(=O)c1ccccc1S2(=O)=O. The minimum atomic E-state index is -3.95. The summed E-state index contributed by atoms with van der Waals surface area (Å²) >= 11 is 1.11. The number of amides is 2. The molecule has 5 rings (SSSR count). The minimum absolute atomic E-state index is 0.0141. The maximum absolute atomic E-state index is 13.4. The molecule has 0 atom stereocenters. The van der Waals surface area contributed by atoms with Crippen LogP contribution in [0.25, 0.3) is 10.2 Å². The van der Waals surface area contributed by atoms with E-state index in [1.165, 1.54) is 48.5 Å². The van der Waals surface area contributed by atoms with Crippen molar-refractivity contribution in [1.29, 1.82) is 0 Å². The van der Waals surface area contributed by atoms with Gasteiger partial charge in [-0.25, -0.2) is 17.8 Å². The van der Waals surface area contributed by atoms with Gasteiger partial charge in [0.05, 0.1) is 31.3 Å². The summed E-state index contributed by atoms with van der Waals surface area (Å²) in [5.74, 6) is -1.53. The largest absolute Gasteiger partial charge is 0.321 e. The van der Waals surface area contributed by atoms with Crippen molar-refractivity contribution in [3.63, 3.8) is 0 Å². The maximum atomic E-state index is 13.4. The first kappa shape index (κ1) is 19.3. The maximum Gasteiger partial charge on any atom is 0.257 e. The summed E-state index contributed by atoms with van der Waals surface area (Å²) in [7, 11) is -3.95. The first-order chi connectivity index (χ1) is 14.8. The summed E-state index contributed by atoms with van der Waals surface area (Å²) < 4.78 is 40.0. The summed E-state index contributed by atoms with van der Waals surface area (Å²) in [4.78, 5) is 29.3. The number of carbonyl (C=O) groups is 2. The van der Waals surface area contributed by atoms with E-state index in [1.54, 1.807) is 12.1 Å². The van der Waals surface area contributed by atoms with Gasteiger partial charge in [-0.1, -0.05) is 23.5 Å². The zero-order valence-corrected chi connectivity index (χ0v) is 17.2. The number of aromatic nitrogens is 1. The van der Waals surface area contributed by atoms with E-state index in [9.17, 15) is 22.4 Å². The van der Waals surface area contributed by atoms with Crippen molar-refractivity contribution >= 4 is 54.0 Å². The Morgan fingerprint density at radius 3 is 2.68 bits per heavy atom. The Hall–Kier alpha value is -3.63. The molecule has 31 heavy (non-hydrogen) atoms. The van der Waals surface area contributed by atoms with Crippen LogP contribution in [0.2, 0.25) is 0 Å². The van der Waals surface area contributed by atoms with Crippen LogP contribution in [0.15, 0.2) is 70.5 Å². The van der Waals surface area contributed by atoms with Crippen LogP contribution >= 0.6 is 11.3 Å². The second-order valence-corrected chi connectivity index (χ2v) is 9.67. The third-order valence-corrected chi connectivity index (χ3v) is 7.58. The van der Waals surface area contributed by atoms with Gasteiger partial charge in [0.15, 0.2) is 5.13 Å². The molecule has 0 saturated heterocycles. The number of carbonyl (C=O) groups excluding carboxylic acids is 2. The van der Waals surface area contributed by atoms with Crippen molar-refractivity contribution in [2.75, 3.05) is 10.6 Å². The molecule has 2 heterocycles. The molecule has 1 aliphatic heterocycles. The second kappa shape index (κ2) is 6.96. The van der Waals surface area contributed by atoms with Gasteiger partial charge in [-0.15, -0.1) is 0 Å². The zero-order chi connectivity index (χ0) is 21.8. The van der Waals surface area contributed by atoms with Gasteiger partial charge in [-0.3, -0.25) is 14.9 Å². The molecule has 2 N–H and O–H groups in total. The third kappa shape index (κ3) is 3.25. The van der Waals surface area contributed by atoms with Gasteiger partial charge in [0.25, 0.3) is 11.8 Å². The van der Waals surface area contributed by atoms with Crippen LogP contribution in [0.1, 0.15) is 20.7 Å². The molecule has 3 aromatic carbocycles. The van der Waals surface area contributed by atoms with Crippen molar-refractivity contribution in [3.05, 3.63) is 77.6 Å². The molecule has 0 bridgehead atoms. The van der Waals surface area contributed by atoms with E-state index in [-0.39, 0.29) is 31.7 Å². The lowest BCUT2D eigenvalue weighted by Gasteiger charge is -2.09. The summed E-state index contributed by atoms with van der Waals surface area (Å²) in [5, 5.41) is 5.46. The zero-order valence-electron chi connectivity index (χ0n) is 15.5. The Morgan fingerprint density at radius 1 is 1.03 bits per heavy atom. The Balaban J connectivity index is 1.50. The van der Waals surface area contributed by atoms with Gasteiger partial charge in [-0.05, 0) is 48.5 Å². The number of sulfone groups is 1. The highest BCUT2D eigenvalue weighted by Gasteiger charge is 2.31. The number of hydrogen-bond acceptors (Lipinski definition) is 6. The Labute approximate surface area is 179 Å². The number of rotatable bonds is 2. The average molecular weight is 453 g/mol. The monoisotopic (exact) mass is 453 g/mol. The van der Waals surface area contributed by atoms with Crippen LogP contribution in [-0.4, -0.2) is 25.2 Å². The Bertz CT molecular complexity index is 1510. The lowest BCUT2D eigenvalue weighted by atomic mass is 10.1. The van der Waals surface area contributed by atoms with Gasteiger partial charge in [0.2, 0.25) is 9.84 Å². The van der Waals surface area contributed by atoms with Crippen LogP contribution in [-0.2, 0) is 9.84 Å².